The van der Waals surface area contributed by atoms with Gasteiger partial charge in [-0.3, -0.25) is 14.4 Å². The number of carboxylic acid groups (broad SMARTS) is 2. The van der Waals surface area contributed by atoms with E-state index in [-0.39, 0.29) is 5.56 Å². The van der Waals surface area contributed by atoms with E-state index in [1.165, 1.54) is 6.26 Å². The summed E-state index contributed by atoms with van der Waals surface area (Å²) in [6, 6.07) is 6.73. The number of amides is 1. The first-order chi connectivity index (χ1) is 9.49. The molecular weight excluding hydrogens is 266 g/mol. The van der Waals surface area contributed by atoms with E-state index in [2.05, 4.69) is 0 Å². The molecule has 2 rings (SSSR count). The lowest BCUT2D eigenvalue weighted by Crippen LogP contribution is -2.39. The Kier molecular flexibility index (Phi) is 3.69. The average Bonchev–Trinajstić information content (AvgIpc) is 2.79. The van der Waals surface area contributed by atoms with Crippen LogP contribution >= 0.6 is 0 Å². The molecule has 7 heteroatoms. The van der Waals surface area contributed by atoms with Crippen molar-refractivity contribution < 1.29 is 29.0 Å². The summed E-state index contributed by atoms with van der Waals surface area (Å²) in [5, 5.41) is 18.0. The van der Waals surface area contributed by atoms with Gasteiger partial charge in [-0.05, 0) is 6.07 Å². The largest absolute Gasteiger partial charge is 0.480 e. The number of nitrogens with zero attached hydrogens (tertiary/aromatic N) is 1. The van der Waals surface area contributed by atoms with Crippen molar-refractivity contribution in [3.05, 3.63) is 36.1 Å². The molecule has 0 radical (unpaired) electrons. The van der Waals surface area contributed by atoms with Crippen LogP contribution in [0.3, 0.4) is 0 Å². The summed E-state index contributed by atoms with van der Waals surface area (Å²) in [6.07, 6.45) is 1.20. The van der Waals surface area contributed by atoms with E-state index in [4.69, 9.17) is 14.6 Å². The predicted octanol–water partition coefficient (Wildman–Crippen LogP) is 1.04. The molecular formula is C13H11NO6. The van der Waals surface area contributed by atoms with Gasteiger partial charge in [0.2, 0.25) is 0 Å². The maximum atomic E-state index is 12.2. The summed E-state index contributed by atoms with van der Waals surface area (Å²) >= 11 is 0. The minimum Gasteiger partial charge on any atom is -0.480 e. The van der Waals surface area contributed by atoms with E-state index >= 15 is 0 Å². The van der Waals surface area contributed by atoms with Gasteiger partial charge in [0, 0.05) is 5.39 Å². The van der Waals surface area contributed by atoms with E-state index in [1.807, 2.05) is 0 Å². The van der Waals surface area contributed by atoms with Gasteiger partial charge in [0.05, 0.1) is 5.56 Å². The first kappa shape index (κ1) is 13.6. The van der Waals surface area contributed by atoms with Crippen molar-refractivity contribution in [2.24, 2.45) is 0 Å². The number of fused-ring (bicyclic) bond motifs is 1. The van der Waals surface area contributed by atoms with Crippen molar-refractivity contribution in [3.63, 3.8) is 0 Å². The Morgan fingerprint density at radius 1 is 1.05 bits per heavy atom. The molecule has 0 aliphatic heterocycles. The summed E-state index contributed by atoms with van der Waals surface area (Å²) in [7, 11) is 0. The van der Waals surface area contributed by atoms with E-state index < -0.39 is 30.9 Å². The monoisotopic (exact) mass is 277 g/mol. The van der Waals surface area contributed by atoms with Crippen molar-refractivity contribution >= 4 is 28.8 Å². The Bertz CT molecular complexity index is 658. The second-order valence-corrected chi connectivity index (χ2v) is 4.09. The highest BCUT2D eigenvalue weighted by atomic mass is 16.4. The predicted molar refractivity (Wildman–Crippen MR) is 67.4 cm³/mol. The zero-order valence-corrected chi connectivity index (χ0v) is 10.3. The van der Waals surface area contributed by atoms with Crippen molar-refractivity contribution in [1.82, 2.24) is 4.90 Å². The fraction of sp³-hybridized carbons (Fsp3) is 0.154. The second kappa shape index (κ2) is 5.43. The molecule has 2 aromatic rings. The number of aliphatic carboxylic acids is 2. The first-order valence-corrected chi connectivity index (χ1v) is 5.68. The molecule has 1 aromatic heterocycles. The third kappa shape index (κ3) is 2.77. The molecule has 0 aliphatic carbocycles. The Hall–Kier alpha value is -2.83. The lowest BCUT2D eigenvalue weighted by molar-refractivity contribution is -0.140. The molecule has 0 saturated carbocycles. The zero-order chi connectivity index (χ0) is 14.7. The van der Waals surface area contributed by atoms with Gasteiger partial charge in [-0.15, -0.1) is 0 Å². The number of rotatable bonds is 5. The number of carboxylic acids is 2. The van der Waals surface area contributed by atoms with Crippen LogP contribution in [0.5, 0.6) is 0 Å². The maximum Gasteiger partial charge on any atom is 0.323 e. The molecule has 7 nitrogen and oxygen atoms in total. The number of hydrogen-bond acceptors (Lipinski definition) is 4. The second-order valence-electron chi connectivity index (χ2n) is 4.09. The molecule has 0 fully saturated rings. The van der Waals surface area contributed by atoms with E-state index in [0.29, 0.717) is 11.0 Å². The molecule has 1 heterocycles. The lowest BCUT2D eigenvalue weighted by Gasteiger charge is -2.17. The molecule has 1 amide bonds. The summed E-state index contributed by atoms with van der Waals surface area (Å²) in [5.41, 5.74) is 0.615. The lowest BCUT2D eigenvalue weighted by atomic mass is 10.1. The van der Waals surface area contributed by atoms with Crippen LogP contribution in [0, 0.1) is 0 Å². The van der Waals surface area contributed by atoms with Gasteiger partial charge in [0.25, 0.3) is 5.91 Å². The molecule has 0 unspecified atom stereocenters. The number of carbonyl (C=O) groups excluding carboxylic acids is 1. The molecule has 20 heavy (non-hydrogen) atoms. The van der Waals surface area contributed by atoms with Gasteiger partial charge in [-0.1, -0.05) is 18.2 Å². The average molecular weight is 277 g/mol. The van der Waals surface area contributed by atoms with Crippen molar-refractivity contribution in [1.29, 1.82) is 0 Å². The molecule has 0 spiro atoms. The Morgan fingerprint density at radius 2 is 1.65 bits per heavy atom. The van der Waals surface area contributed by atoms with Crippen LogP contribution in [0.25, 0.3) is 11.0 Å². The van der Waals surface area contributed by atoms with Gasteiger partial charge in [0.1, 0.15) is 24.9 Å². The highest BCUT2D eigenvalue weighted by Gasteiger charge is 2.24. The molecule has 0 aliphatic rings. The summed E-state index contributed by atoms with van der Waals surface area (Å²) in [6.45, 7) is -1.38. The third-order valence-corrected chi connectivity index (χ3v) is 2.65. The van der Waals surface area contributed by atoms with E-state index in [0.717, 1.165) is 4.90 Å². The summed E-state index contributed by atoms with van der Waals surface area (Å²) in [5.74, 6) is -3.26. The van der Waals surface area contributed by atoms with Crippen LogP contribution in [0.4, 0.5) is 0 Å². The third-order valence-electron chi connectivity index (χ3n) is 2.65. The molecule has 0 atom stereocenters. The smallest absolute Gasteiger partial charge is 0.323 e. The van der Waals surface area contributed by atoms with Crippen LogP contribution in [0.1, 0.15) is 10.4 Å². The van der Waals surface area contributed by atoms with Crippen LogP contribution in [-0.4, -0.2) is 46.0 Å². The number of benzene rings is 1. The standard InChI is InChI=1S/C13H11NO6/c15-11(16)5-14(6-12(17)18)13(19)9-7-20-10-4-2-1-3-8(9)10/h1-4,7H,5-6H2,(H,15,16)(H,17,18). The Balaban J connectivity index is 2.35. The van der Waals surface area contributed by atoms with Crippen molar-refractivity contribution in [2.75, 3.05) is 13.1 Å². The van der Waals surface area contributed by atoms with Gasteiger partial charge < -0.3 is 19.5 Å². The Morgan fingerprint density at radius 3 is 2.25 bits per heavy atom. The van der Waals surface area contributed by atoms with Crippen molar-refractivity contribution in [2.45, 2.75) is 0 Å². The normalized spacial score (nSPS) is 10.4. The molecule has 0 bridgehead atoms. The number of carbonyl (C=O) groups is 3. The minimum absolute atomic E-state index is 0.142. The molecule has 1 aromatic carbocycles. The topological polar surface area (TPSA) is 108 Å². The van der Waals surface area contributed by atoms with Crippen LogP contribution in [0.15, 0.2) is 34.9 Å². The van der Waals surface area contributed by atoms with Gasteiger partial charge in [-0.25, -0.2) is 0 Å². The van der Waals surface area contributed by atoms with Crippen LogP contribution in [-0.2, 0) is 9.59 Å². The van der Waals surface area contributed by atoms with Crippen LogP contribution < -0.4 is 0 Å². The summed E-state index contributed by atoms with van der Waals surface area (Å²) < 4.78 is 5.19. The zero-order valence-electron chi connectivity index (χ0n) is 10.3. The Labute approximate surface area is 113 Å². The number of para-hydroxylation sites is 1. The summed E-state index contributed by atoms with van der Waals surface area (Å²) in [4.78, 5) is 34.4. The fourth-order valence-corrected chi connectivity index (χ4v) is 1.84. The van der Waals surface area contributed by atoms with E-state index in [1.54, 1.807) is 24.3 Å². The minimum atomic E-state index is -1.28. The van der Waals surface area contributed by atoms with Crippen molar-refractivity contribution in [3.8, 4) is 0 Å². The first-order valence-electron chi connectivity index (χ1n) is 5.68. The molecule has 0 saturated heterocycles. The highest BCUT2D eigenvalue weighted by Crippen LogP contribution is 2.22. The number of hydrogen-bond donors (Lipinski definition) is 2. The van der Waals surface area contributed by atoms with Gasteiger partial charge in [0.15, 0.2) is 0 Å². The molecule has 2 N–H and O–H groups in total. The van der Waals surface area contributed by atoms with E-state index in [9.17, 15) is 14.4 Å². The fourth-order valence-electron chi connectivity index (χ4n) is 1.84. The van der Waals surface area contributed by atoms with Gasteiger partial charge >= 0.3 is 11.9 Å². The SMILES string of the molecule is O=C(O)CN(CC(=O)O)C(=O)c1coc2ccccc12. The van der Waals surface area contributed by atoms with Crippen LogP contribution in [0.2, 0.25) is 0 Å². The quantitative estimate of drug-likeness (QED) is 0.845. The maximum absolute atomic E-state index is 12.2. The highest BCUT2D eigenvalue weighted by molar-refractivity contribution is 6.07. The number of furan rings is 1. The van der Waals surface area contributed by atoms with Gasteiger partial charge in [-0.2, -0.15) is 0 Å². The molecule has 104 valence electrons.